The van der Waals surface area contributed by atoms with E-state index in [1.807, 2.05) is 36.4 Å². The van der Waals surface area contributed by atoms with Crippen molar-refractivity contribution in [2.45, 2.75) is 0 Å². The predicted octanol–water partition coefficient (Wildman–Crippen LogP) is 4.69. The average Bonchev–Trinajstić information content (AvgIpc) is 2.58. The van der Waals surface area contributed by atoms with Crippen LogP contribution in [0.25, 0.3) is 10.8 Å². The smallest absolute Gasteiger partial charge is 0.319 e. The summed E-state index contributed by atoms with van der Waals surface area (Å²) in [7, 11) is 0. The number of halogens is 1. The number of nitrogens with one attached hydrogen (secondary N) is 2. The Hall–Kier alpha value is -2.72. The molecule has 0 aromatic heterocycles. The predicted molar refractivity (Wildman–Crippen MR) is 97.9 cm³/mol. The molecule has 0 saturated heterocycles. The quantitative estimate of drug-likeness (QED) is 0.662. The van der Waals surface area contributed by atoms with Crippen LogP contribution in [0.15, 0.2) is 66.7 Å². The molecule has 0 aliphatic heterocycles. The van der Waals surface area contributed by atoms with Gasteiger partial charge in [-0.25, -0.2) is 4.79 Å². The van der Waals surface area contributed by atoms with E-state index in [1.165, 1.54) is 5.39 Å². The van der Waals surface area contributed by atoms with Gasteiger partial charge in [0.2, 0.25) is 0 Å². The molecule has 2 amide bonds. The zero-order valence-electron chi connectivity index (χ0n) is 13.0. The van der Waals surface area contributed by atoms with Gasteiger partial charge in [0.25, 0.3) is 0 Å². The Morgan fingerprint density at radius 2 is 1.79 bits per heavy atom. The van der Waals surface area contributed by atoms with Crippen LogP contribution in [0, 0.1) is 0 Å². The van der Waals surface area contributed by atoms with Gasteiger partial charge in [-0.2, -0.15) is 0 Å². The van der Waals surface area contributed by atoms with E-state index in [0.29, 0.717) is 23.9 Å². The fraction of sp³-hybridized carbons (Fsp3) is 0.105. The highest BCUT2D eigenvalue weighted by atomic mass is 35.5. The molecule has 0 saturated carbocycles. The maximum Gasteiger partial charge on any atom is 0.319 e. The molecule has 0 aliphatic rings. The highest BCUT2D eigenvalue weighted by Crippen LogP contribution is 2.20. The van der Waals surface area contributed by atoms with Crippen molar-refractivity contribution < 1.29 is 9.53 Å². The number of rotatable bonds is 5. The van der Waals surface area contributed by atoms with Crippen molar-refractivity contribution in [3.8, 4) is 5.75 Å². The molecule has 2 N–H and O–H groups in total. The molecule has 3 aromatic carbocycles. The molecule has 0 aliphatic carbocycles. The highest BCUT2D eigenvalue weighted by Gasteiger charge is 2.02. The van der Waals surface area contributed by atoms with Crippen molar-refractivity contribution in [3.05, 3.63) is 71.8 Å². The van der Waals surface area contributed by atoms with Crippen molar-refractivity contribution in [2.24, 2.45) is 0 Å². The van der Waals surface area contributed by atoms with Crippen molar-refractivity contribution in [1.29, 1.82) is 0 Å². The zero-order chi connectivity index (χ0) is 16.8. The van der Waals surface area contributed by atoms with Crippen molar-refractivity contribution >= 4 is 34.1 Å². The Bertz CT molecular complexity index is 851. The first kappa shape index (κ1) is 16.1. The van der Waals surface area contributed by atoms with Gasteiger partial charge in [-0.1, -0.05) is 48.0 Å². The van der Waals surface area contributed by atoms with Gasteiger partial charge in [-0.05, 0) is 41.1 Å². The molecule has 4 nitrogen and oxygen atoms in total. The first-order valence-corrected chi connectivity index (χ1v) is 8.00. The van der Waals surface area contributed by atoms with E-state index in [1.54, 1.807) is 24.3 Å². The first-order valence-electron chi connectivity index (χ1n) is 7.63. The van der Waals surface area contributed by atoms with Crippen LogP contribution in [-0.2, 0) is 0 Å². The molecule has 3 rings (SSSR count). The number of ether oxygens (including phenoxy) is 1. The Morgan fingerprint density at radius 1 is 0.958 bits per heavy atom. The van der Waals surface area contributed by atoms with Gasteiger partial charge < -0.3 is 15.4 Å². The minimum atomic E-state index is -0.292. The summed E-state index contributed by atoms with van der Waals surface area (Å²) < 4.78 is 5.67. The molecule has 0 bridgehead atoms. The molecule has 0 fully saturated rings. The van der Waals surface area contributed by atoms with Crippen LogP contribution < -0.4 is 15.4 Å². The molecule has 0 unspecified atom stereocenters. The summed E-state index contributed by atoms with van der Waals surface area (Å²) in [6, 6.07) is 20.7. The Balaban J connectivity index is 1.45. The van der Waals surface area contributed by atoms with Crippen molar-refractivity contribution in [2.75, 3.05) is 18.5 Å². The van der Waals surface area contributed by atoms with E-state index in [4.69, 9.17) is 16.3 Å². The van der Waals surface area contributed by atoms with Crippen LogP contribution in [0.3, 0.4) is 0 Å². The number of urea groups is 1. The second kappa shape index (κ2) is 7.70. The van der Waals surface area contributed by atoms with Crippen molar-refractivity contribution in [1.82, 2.24) is 5.32 Å². The number of carbonyl (C=O) groups excluding carboxylic acids is 1. The second-order valence-corrected chi connectivity index (χ2v) is 5.69. The van der Waals surface area contributed by atoms with Crippen LogP contribution in [0.2, 0.25) is 5.02 Å². The number of hydrogen-bond donors (Lipinski definition) is 2. The summed E-state index contributed by atoms with van der Waals surface area (Å²) in [5, 5.41) is 8.33. The van der Waals surface area contributed by atoms with Gasteiger partial charge in [0.1, 0.15) is 12.4 Å². The van der Waals surface area contributed by atoms with Gasteiger partial charge in [-0.3, -0.25) is 0 Å². The summed E-state index contributed by atoms with van der Waals surface area (Å²) in [6.45, 7) is 0.792. The summed E-state index contributed by atoms with van der Waals surface area (Å²) in [6.07, 6.45) is 0. The number of anilines is 1. The van der Waals surface area contributed by atoms with Gasteiger partial charge >= 0.3 is 6.03 Å². The fourth-order valence-corrected chi connectivity index (χ4v) is 2.52. The van der Waals surface area contributed by atoms with Crippen LogP contribution in [0.1, 0.15) is 0 Å². The summed E-state index contributed by atoms with van der Waals surface area (Å²) in [5.41, 5.74) is 0.649. The van der Waals surface area contributed by atoms with E-state index in [9.17, 15) is 4.79 Å². The van der Waals surface area contributed by atoms with Crippen LogP contribution in [0.4, 0.5) is 10.5 Å². The largest absolute Gasteiger partial charge is 0.492 e. The van der Waals surface area contributed by atoms with Gasteiger partial charge in [-0.15, -0.1) is 0 Å². The molecule has 0 heterocycles. The third-order valence-electron chi connectivity index (χ3n) is 3.46. The lowest BCUT2D eigenvalue weighted by Crippen LogP contribution is -2.32. The number of amides is 2. The summed E-state index contributed by atoms with van der Waals surface area (Å²) in [4.78, 5) is 11.8. The Morgan fingerprint density at radius 3 is 2.62 bits per heavy atom. The van der Waals surface area contributed by atoms with E-state index >= 15 is 0 Å². The molecular formula is C19H17ClN2O2. The van der Waals surface area contributed by atoms with Gasteiger partial charge in [0, 0.05) is 10.7 Å². The zero-order valence-corrected chi connectivity index (χ0v) is 13.7. The normalized spacial score (nSPS) is 10.4. The van der Waals surface area contributed by atoms with Crippen molar-refractivity contribution in [3.63, 3.8) is 0 Å². The molecule has 122 valence electrons. The molecule has 0 spiro atoms. The minimum Gasteiger partial charge on any atom is -0.492 e. The number of fused-ring (bicyclic) bond motifs is 1. The Kier molecular flexibility index (Phi) is 5.18. The van der Waals surface area contributed by atoms with Crippen LogP contribution >= 0.6 is 11.6 Å². The van der Waals surface area contributed by atoms with Crippen LogP contribution in [0.5, 0.6) is 5.75 Å². The molecule has 24 heavy (non-hydrogen) atoms. The second-order valence-electron chi connectivity index (χ2n) is 5.25. The number of carbonyl (C=O) groups is 1. The fourth-order valence-electron chi connectivity index (χ4n) is 2.33. The molecule has 0 radical (unpaired) electrons. The topological polar surface area (TPSA) is 50.4 Å². The number of hydrogen-bond acceptors (Lipinski definition) is 2. The lowest BCUT2D eigenvalue weighted by atomic mass is 10.1. The van der Waals surface area contributed by atoms with Crippen LogP contribution in [-0.4, -0.2) is 19.2 Å². The van der Waals surface area contributed by atoms with E-state index in [-0.39, 0.29) is 6.03 Å². The lowest BCUT2D eigenvalue weighted by Gasteiger charge is -2.10. The number of benzene rings is 3. The monoisotopic (exact) mass is 340 g/mol. The Labute approximate surface area is 145 Å². The maximum absolute atomic E-state index is 11.8. The maximum atomic E-state index is 11.8. The van der Waals surface area contributed by atoms with Gasteiger partial charge in [0.15, 0.2) is 0 Å². The van der Waals surface area contributed by atoms with E-state index in [0.717, 1.165) is 11.1 Å². The minimum absolute atomic E-state index is 0.292. The molecule has 5 heteroatoms. The molecule has 3 aromatic rings. The standard InChI is InChI=1S/C19H17ClN2O2/c20-16-6-3-7-17(13-16)22-19(23)21-10-11-24-18-9-8-14-4-1-2-5-15(14)12-18/h1-9,12-13H,10-11H2,(H2,21,22,23). The molecule has 0 atom stereocenters. The first-order chi connectivity index (χ1) is 11.7. The highest BCUT2D eigenvalue weighted by molar-refractivity contribution is 6.30. The third kappa shape index (κ3) is 4.40. The average molecular weight is 341 g/mol. The lowest BCUT2D eigenvalue weighted by molar-refractivity contribution is 0.247. The van der Waals surface area contributed by atoms with Gasteiger partial charge in [0.05, 0.1) is 6.54 Å². The summed E-state index contributed by atoms with van der Waals surface area (Å²) >= 11 is 5.87. The van der Waals surface area contributed by atoms with E-state index in [2.05, 4.69) is 16.7 Å². The SMILES string of the molecule is O=C(NCCOc1ccc2ccccc2c1)Nc1cccc(Cl)c1. The van der Waals surface area contributed by atoms with E-state index < -0.39 is 0 Å². The molecular weight excluding hydrogens is 324 g/mol. The summed E-state index contributed by atoms with van der Waals surface area (Å²) in [5.74, 6) is 0.783. The third-order valence-corrected chi connectivity index (χ3v) is 3.69.